The number of anilines is 1. The van der Waals surface area contributed by atoms with Crippen LogP contribution in [0.4, 0.5) is 5.69 Å². The first-order valence-corrected chi connectivity index (χ1v) is 7.39. The van der Waals surface area contributed by atoms with Crippen molar-refractivity contribution in [3.8, 4) is 0 Å². The van der Waals surface area contributed by atoms with E-state index in [2.05, 4.69) is 72.9 Å². The first kappa shape index (κ1) is 13.7. The molecule has 0 atom stereocenters. The summed E-state index contributed by atoms with van der Waals surface area (Å²) >= 11 is 0. The van der Waals surface area contributed by atoms with Crippen LogP contribution in [0.15, 0.2) is 48.7 Å². The van der Waals surface area contributed by atoms with E-state index in [0.717, 1.165) is 6.54 Å². The lowest BCUT2D eigenvalue weighted by Crippen LogP contribution is -2.03. The Hall–Kier alpha value is -2.29. The number of fused-ring (bicyclic) bond motifs is 1. The highest BCUT2D eigenvalue weighted by Gasteiger charge is 2.11. The topological polar surface area (TPSA) is 29.9 Å². The molecule has 0 saturated carbocycles. The average Bonchev–Trinajstić information content (AvgIpc) is 2.86. The molecule has 108 valence electrons. The van der Waals surface area contributed by atoms with Crippen molar-refractivity contribution >= 4 is 16.5 Å². The molecule has 3 aromatic rings. The maximum atomic E-state index is 4.56. The van der Waals surface area contributed by atoms with Gasteiger partial charge in [0.05, 0.1) is 5.69 Å². The number of aryl methyl sites for hydroxylation is 1. The van der Waals surface area contributed by atoms with Crippen LogP contribution < -0.4 is 5.32 Å². The molecule has 3 heteroatoms. The fourth-order valence-electron chi connectivity index (χ4n) is 2.75. The summed E-state index contributed by atoms with van der Waals surface area (Å²) in [5, 5.41) is 10.6. The molecule has 0 amide bonds. The van der Waals surface area contributed by atoms with E-state index in [-0.39, 0.29) is 0 Å². The van der Waals surface area contributed by atoms with Crippen molar-refractivity contribution in [3.63, 3.8) is 0 Å². The highest BCUT2D eigenvalue weighted by atomic mass is 15.3. The number of benzene rings is 2. The van der Waals surface area contributed by atoms with E-state index in [1.807, 2.05) is 11.7 Å². The fourth-order valence-corrected chi connectivity index (χ4v) is 2.75. The van der Waals surface area contributed by atoms with E-state index in [4.69, 9.17) is 0 Å². The van der Waals surface area contributed by atoms with Crippen LogP contribution in [0.5, 0.6) is 0 Å². The van der Waals surface area contributed by atoms with Gasteiger partial charge < -0.3 is 5.32 Å². The average molecular weight is 279 g/mol. The van der Waals surface area contributed by atoms with Crippen LogP contribution in [-0.2, 0) is 13.6 Å². The van der Waals surface area contributed by atoms with Crippen molar-refractivity contribution < 1.29 is 0 Å². The maximum absolute atomic E-state index is 4.56. The van der Waals surface area contributed by atoms with Gasteiger partial charge >= 0.3 is 0 Å². The van der Waals surface area contributed by atoms with Gasteiger partial charge in [-0.25, -0.2) is 0 Å². The molecule has 3 rings (SSSR count). The minimum Gasteiger partial charge on any atom is -0.380 e. The molecule has 3 nitrogen and oxygen atoms in total. The molecule has 0 aliphatic rings. The summed E-state index contributed by atoms with van der Waals surface area (Å²) < 4.78 is 1.90. The summed E-state index contributed by atoms with van der Waals surface area (Å²) in [7, 11) is 1.98. The van der Waals surface area contributed by atoms with Crippen molar-refractivity contribution in [2.24, 2.45) is 7.05 Å². The lowest BCUT2D eigenvalue weighted by Gasteiger charge is -2.10. The molecule has 0 unspecified atom stereocenters. The first-order valence-electron chi connectivity index (χ1n) is 7.39. The fraction of sp³-hybridized carbons (Fsp3) is 0.278. The zero-order valence-electron chi connectivity index (χ0n) is 12.8. The molecule has 0 fully saturated rings. The zero-order chi connectivity index (χ0) is 14.8. The third-order valence-corrected chi connectivity index (χ3v) is 3.74. The van der Waals surface area contributed by atoms with Crippen LogP contribution in [0.3, 0.4) is 0 Å². The van der Waals surface area contributed by atoms with Crippen molar-refractivity contribution in [2.45, 2.75) is 26.3 Å². The predicted octanol–water partition coefficient (Wildman–Crippen LogP) is 4.31. The van der Waals surface area contributed by atoms with Crippen LogP contribution in [0.2, 0.25) is 0 Å². The summed E-state index contributed by atoms with van der Waals surface area (Å²) in [6.07, 6.45) is 2.10. The molecule has 1 N–H and O–H groups in total. The molecule has 0 aliphatic carbocycles. The summed E-state index contributed by atoms with van der Waals surface area (Å²) in [6.45, 7) is 5.17. The third-order valence-electron chi connectivity index (χ3n) is 3.74. The second-order valence-corrected chi connectivity index (χ2v) is 5.75. The van der Waals surface area contributed by atoms with E-state index in [9.17, 15) is 0 Å². The minimum absolute atomic E-state index is 0.440. The maximum Gasteiger partial charge on any atom is 0.0699 e. The largest absolute Gasteiger partial charge is 0.380 e. The molecule has 1 heterocycles. The van der Waals surface area contributed by atoms with Crippen molar-refractivity contribution in [3.05, 3.63) is 59.9 Å². The predicted molar refractivity (Wildman–Crippen MR) is 88.6 cm³/mol. The first-order chi connectivity index (χ1) is 10.1. The molecule has 21 heavy (non-hydrogen) atoms. The minimum atomic E-state index is 0.440. The quantitative estimate of drug-likeness (QED) is 0.771. The van der Waals surface area contributed by atoms with Crippen LogP contribution in [0, 0.1) is 0 Å². The highest BCUT2D eigenvalue weighted by Crippen LogP contribution is 2.24. The number of aromatic nitrogens is 2. The molecule has 0 saturated heterocycles. The van der Waals surface area contributed by atoms with Gasteiger partial charge in [0.25, 0.3) is 0 Å². The number of rotatable bonds is 4. The van der Waals surface area contributed by atoms with Crippen LogP contribution in [0.25, 0.3) is 10.8 Å². The van der Waals surface area contributed by atoms with Gasteiger partial charge in [-0.2, -0.15) is 5.10 Å². The molecule has 0 radical (unpaired) electrons. The van der Waals surface area contributed by atoms with Crippen molar-refractivity contribution in [1.29, 1.82) is 0 Å². The molecule has 2 aromatic carbocycles. The van der Waals surface area contributed by atoms with E-state index in [1.54, 1.807) is 0 Å². The lowest BCUT2D eigenvalue weighted by molar-refractivity contribution is 0.712. The van der Waals surface area contributed by atoms with Gasteiger partial charge in [0, 0.05) is 36.4 Å². The number of hydrogen-bond acceptors (Lipinski definition) is 2. The van der Waals surface area contributed by atoms with Crippen LogP contribution >= 0.6 is 0 Å². The Morgan fingerprint density at radius 1 is 1.10 bits per heavy atom. The Balaban J connectivity index is 1.87. The van der Waals surface area contributed by atoms with Gasteiger partial charge in [0.2, 0.25) is 0 Å². The Morgan fingerprint density at radius 3 is 2.67 bits per heavy atom. The second-order valence-electron chi connectivity index (χ2n) is 5.75. The Labute approximate surface area is 125 Å². The second kappa shape index (κ2) is 5.60. The summed E-state index contributed by atoms with van der Waals surface area (Å²) in [5.41, 5.74) is 3.61. The van der Waals surface area contributed by atoms with Gasteiger partial charge in [0.1, 0.15) is 0 Å². The monoisotopic (exact) mass is 279 g/mol. The van der Waals surface area contributed by atoms with E-state index in [0.29, 0.717) is 5.92 Å². The molecule has 0 bridgehead atoms. The normalized spacial score (nSPS) is 11.2. The van der Waals surface area contributed by atoms with Gasteiger partial charge in [0.15, 0.2) is 0 Å². The highest BCUT2D eigenvalue weighted by molar-refractivity contribution is 5.93. The number of nitrogens with one attached hydrogen (secondary N) is 1. The van der Waals surface area contributed by atoms with Gasteiger partial charge in [-0.15, -0.1) is 0 Å². The van der Waals surface area contributed by atoms with Gasteiger partial charge in [-0.1, -0.05) is 50.2 Å². The van der Waals surface area contributed by atoms with Crippen molar-refractivity contribution in [2.75, 3.05) is 5.32 Å². The lowest BCUT2D eigenvalue weighted by atomic mass is 10.1. The zero-order valence-corrected chi connectivity index (χ0v) is 12.8. The SMILES string of the molecule is CC(C)c1nn(C)cc1CNc1cccc2ccccc12. The summed E-state index contributed by atoms with van der Waals surface area (Å²) in [6, 6.07) is 14.8. The Bertz CT molecular complexity index is 751. The number of nitrogens with zero attached hydrogens (tertiary/aromatic N) is 2. The summed E-state index contributed by atoms with van der Waals surface area (Å²) in [4.78, 5) is 0. The molecule has 1 aromatic heterocycles. The summed E-state index contributed by atoms with van der Waals surface area (Å²) in [5.74, 6) is 0.440. The van der Waals surface area contributed by atoms with Gasteiger partial charge in [-0.05, 0) is 17.4 Å². The Morgan fingerprint density at radius 2 is 1.86 bits per heavy atom. The van der Waals surface area contributed by atoms with Crippen molar-refractivity contribution in [1.82, 2.24) is 9.78 Å². The third kappa shape index (κ3) is 2.77. The van der Waals surface area contributed by atoms with E-state index >= 15 is 0 Å². The number of hydrogen-bond donors (Lipinski definition) is 1. The van der Waals surface area contributed by atoms with Crippen LogP contribution in [-0.4, -0.2) is 9.78 Å². The standard InChI is InChI=1S/C18H21N3/c1-13(2)18-15(12-21(3)20-18)11-19-17-10-6-8-14-7-4-5-9-16(14)17/h4-10,12-13,19H,11H2,1-3H3. The van der Waals surface area contributed by atoms with Gasteiger partial charge in [-0.3, -0.25) is 4.68 Å². The van der Waals surface area contributed by atoms with E-state index < -0.39 is 0 Å². The molecular formula is C18H21N3. The molecule has 0 spiro atoms. The smallest absolute Gasteiger partial charge is 0.0699 e. The molecule has 0 aliphatic heterocycles. The molecular weight excluding hydrogens is 258 g/mol. The van der Waals surface area contributed by atoms with Crippen LogP contribution in [0.1, 0.15) is 31.0 Å². The Kier molecular flexibility index (Phi) is 3.65. The van der Waals surface area contributed by atoms with E-state index in [1.165, 1.54) is 27.7 Å².